The highest BCUT2D eigenvalue weighted by Gasteiger charge is 2.22. The number of pyridine rings is 1. The van der Waals surface area contributed by atoms with Gasteiger partial charge in [0.05, 0.1) is 10.5 Å². The number of ether oxygens (including phenoxy) is 1. The van der Waals surface area contributed by atoms with Crippen LogP contribution in [-0.4, -0.2) is 56.3 Å². The summed E-state index contributed by atoms with van der Waals surface area (Å²) in [4.78, 5) is 28.5. The molecular formula is C20H24N4O5S. The van der Waals surface area contributed by atoms with Gasteiger partial charge in [-0.1, -0.05) is 6.07 Å². The molecule has 0 atom stereocenters. The third-order valence-electron chi connectivity index (χ3n) is 4.49. The quantitative estimate of drug-likeness (QED) is 0.613. The minimum absolute atomic E-state index is 0.0910. The van der Waals surface area contributed by atoms with E-state index in [0.29, 0.717) is 23.1 Å². The van der Waals surface area contributed by atoms with Gasteiger partial charge in [-0.3, -0.25) is 4.79 Å². The Hall–Kier alpha value is -2.98. The molecule has 0 radical (unpaired) electrons. The Morgan fingerprint density at radius 2 is 1.93 bits per heavy atom. The molecule has 9 nitrogen and oxygen atoms in total. The van der Waals surface area contributed by atoms with Crippen molar-refractivity contribution in [1.82, 2.24) is 9.29 Å². The Morgan fingerprint density at radius 3 is 2.53 bits per heavy atom. The molecule has 1 aliphatic carbocycles. The topological polar surface area (TPSA) is 118 Å². The molecule has 3 rings (SSSR count). The van der Waals surface area contributed by atoms with Crippen molar-refractivity contribution in [2.24, 2.45) is 0 Å². The van der Waals surface area contributed by atoms with Gasteiger partial charge in [0, 0.05) is 32.0 Å². The smallest absolute Gasteiger partial charge is 0.340 e. The summed E-state index contributed by atoms with van der Waals surface area (Å²) in [6.07, 6.45) is 3.62. The summed E-state index contributed by atoms with van der Waals surface area (Å²) >= 11 is 0. The molecule has 1 aromatic heterocycles. The van der Waals surface area contributed by atoms with Gasteiger partial charge in [0.25, 0.3) is 5.91 Å². The Labute approximate surface area is 175 Å². The highest BCUT2D eigenvalue weighted by Crippen LogP contribution is 2.24. The van der Waals surface area contributed by atoms with E-state index < -0.39 is 28.5 Å². The second-order valence-electron chi connectivity index (χ2n) is 7.24. The van der Waals surface area contributed by atoms with Crippen molar-refractivity contribution in [3.63, 3.8) is 0 Å². The van der Waals surface area contributed by atoms with Crippen LogP contribution in [0.1, 0.15) is 28.8 Å². The number of carbonyl (C=O) groups is 2. The lowest BCUT2D eigenvalue weighted by Crippen LogP contribution is -2.24. The van der Waals surface area contributed by atoms with E-state index in [0.717, 1.165) is 17.1 Å². The molecular weight excluding hydrogens is 408 g/mol. The van der Waals surface area contributed by atoms with Gasteiger partial charge in [-0.05, 0) is 49.6 Å². The molecule has 2 aromatic rings. The van der Waals surface area contributed by atoms with Crippen LogP contribution in [0.5, 0.6) is 0 Å². The van der Waals surface area contributed by atoms with Gasteiger partial charge in [-0.2, -0.15) is 0 Å². The summed E-state index contributed by atoms with van der Waals surface area (Å²) in [5.41, 5.74) is 1.08. The lowest BCUT2D eigenvalue weighted by molar-refractivity contribution is -0.119. The third kappa shape index (κ3) is 5.33. The Balaban J connectivity index is 1.57. The fraction of sp³-hybridized carbons (Fsp3) is 0.350. The number of benzene rings is 1. The number of hydrogen-bond acceptors (Lipinski definition) is 7. The molecule has 1 fully saturated rings. The highest BCUT2D eigenvalue weighted by molar-refractivity contribution is 7.89. The first-order chi connectivity index (χ1) is 14.2. The number of aromatic nitrogens is 1. The average molecular weight is 433 g/mol. The van der Waals surface area contributed by atoms with Gasteiger partial charge >= 0.3 is 5.97 Å². The van der Waals surface area contributed by atoms with Gasteiger partial charge in [0.2, 0.25) is 10.0 Å². The number of nitrogens with one attached hydrogen (secondary N) is 2. The predicted molar refractivity (Wildman–Crippen MR) is 112 cm³/mol. The van der Waals surface area contributed by atoms with E-state index in [2.05, 4.69) is 15.6 Å². The summed E-state index contributed by atoms with van der Waals surface area (Å²) in [5, 5.41) is 5.75. The zero-order chi connectivity index (χ0) is 21.9. The molecule has 1 amide bonds. The summed E-state index contributed by atoms with van der Waals surface area (Å²) < 4.78 is 30.9. The van der Waals surface area contributed by atoms with Gasteiger partial charge in [0.15, 0.2) is 6.61 Å². The number of carbonyl (C=O) groups excluding carboxylic acids is 2. The molecule has 0 unspecified atom stereocenters. The Bertz CT molecular complexity index is 1050. The number of nitrogens with zero attached hydrogens (tertiary/aromatic N) is 2. The molecule has 0 aliphatic heterocycles. The number of sulfonamides is 1. The zero-order valence-corrected chi connectivity index (χ0v) is 17.8. The van der Waals surface area contributed by atoms with Crippen LogP contribution < -0.4 is 10.6 Å². The predicted octanol–water partition coefficient (Wildman–Crippen LogP) is 2.01. The number of hydrogen-bond donors (Lipinski definition) is 2. The molecule has 30 heavy (non-hydrogen) atoms. The maximum Gasteiger partial charge on any atom is 0.340 e. The van der Waals surface area contributed by atoms with Gasteiger partial charge in [-0.15, -0.1) is 0 Å². The van der Waals surface area contributed by atoms with E-state index in [1.165, 1.54) is 26.4 Å². The summed E-state index contributed by atoms with van der Waals surface area (Å²) in [6.45, 7) is 1.16. The molecule has 1 aromatic carbocycles. The van der Waals surface area contributed by atoms with Crippen LogP contribution in [0.2, 0.25) is 0 Å². The number of aryl methyl sites for hydroxylation is 1. The zero-order valence-electron chi connectivity index (χ0n) is 17.0. The van der Waals surface area contributed by atoms with Crippen molar-refractivity contribution in [2.45, 2.75) is 30.7 Å². The molecule has 0 spiro atoms. The van der Waals surface area contributed by atoms with Crippen molar-refractivity contribution >= 4 is 33.4 Å². The minimum Gasteiger partial charge on any atom is -0.452 e. The molecule has 1 saturated carbocycles. The van der Waals surface area contributed by atoms with Crippen LogP contribution in [-0.2, 0) is 19.6 Å². The Morgan fingerprint density at radius 1 is 1.20 bits per heavy atom. The van der Waals surface area contributed by atoms with E-state index >= 15 is 0 Å². The van der Waals surface area contributed by atoms with Gasteiger partial charge in [0.1, 0.15) is 5.82 Å². The normalized spacial score (nSPS) is 13.7. The van der Waals surface area contributed by atoms with E-state index in [4.69, 9.17) is 4.74 Å². The van der Waals surface area contributed by atoms with Crippen LogP contribution in [0.25, 0.3) is 0 Å². The second kappa shape index (κ2) is 8.80. The van der Waals surface area contributed by atoms with Crippen molar-refractivity contribution < 1.29 is 22.7 Å². The summed E-state index contributed by atoms with van der Waals surface area (Å²) in [6, 6.07) is 8.28. The SMILES string of the molecule is Cc1ccc(NC(=O)COC(=O)c2ccc(NC3CC3)nc2)cc1S(=O)(=O)N(C)C. The minimum atomic E-state index is -3.65. The number of esters is 1. The van der Waals surface area contributed by atoms with Crippen LogP contribution in [0.15, 0.2) is 41.4 Å². The van der Waals surface area contributed by atoms with E-state index in [-0.39, 0.29) is 10.5 Å². The monoisotopic (exact) mass is 432 g/mol. The van der Waals surface area contributed by atoms with Crippen molar-refractivity contribution in [3.8, 4) is 0 Å². The maximum atomic E-state index is 12.4. The van der Waals surface area contributed by atoms with Gasteiger partial charge in [-0.25, -0.2) is 22.5 Å². The Kier molecular flexibility index (Phi) is 6.37. The summed E-state index contributed by atoms with van der Waals surface area (Å²) in [7, 11) is -0.784. The lowest BCUT2D eigenvalue weighted by Gasteiger charge is -2.15. The molecule has 1 aliphatic rings. The maximum absolute atomic E-state index is 12.4. The number of amides is 1. The largest absolute Gasteiger partial charge is 0.452 e. The molecule has 160 valence electrons. The fourth-order valence-corrected chi connectivity index (χ4v) is 3.74. The molecule has 2 N–H and O–H groups in total. The molecule has 1 heterocycles. The van der Waals surface area contributed by atoms with Crippen molar-refractivity contribution in [2.75, 3.05) is 31.3 Å². The van der Waals surface area contributed by atoms with E-state index in [9.17, 15) is 18.0 Å². The lowest BCUT2D eigenvalue weighted by atomic mass is 10.2. The van der Waals surface area contributed by atoms with Crippen molar-refractivity contribution in [1.29, 1.82) is 0 Å². The third-order valence-corrected chi connectivity index (χ3v) is 6.45. The van der Waals surface area contributed by atoms with Crippen LogP contribution in [0, 0.1) is 6.92 Å². The van der Waals surface area contributed by atoms with E-state index in [1.54, 1.807) is 31.2 Å². The van der Waals surface area contributed by atoms with E-state index in [1.807, 2.05) is 0 Å². The first-order valence-corrected chi connectivity index (χ1v) is 10.8. The fourth-order valence-electron chi connectivity index (χ4n) is 2.60. The first kappa shape index (κ1) is 21.7. The van der Waals surface area contributed by atoms with Crippen molar-refractivity contribution in [3.05, 3.63) is 47.7 Å². The summed E-state index contributed by atoms with van der Waals surface area (Å²) in [5.74, 6) is -0.564. The van der Waals surface area contributed by atoms with Crippen LogP contribution in [0.4, 0.5) is 11.5 Å². The van der Waals surface area contributed by atoms with Crippen LogP contribution in [0.3, 0.4) is 0 Å². The first-order valence-electron chi connectivity index (χ1n) is 9.39. The average Bonchev–Trinajstić information content (AvgIpc) is 3.52. The molecule has 10 heteroatoms. The number of rotatable bonds is 8. The molecule has 0 bridgehead atoms. The number of anilines is 2. The molecule has 0 saturated heterocycles. The highest BCUT2D eigenvalue weighted by atomic mass is 32.2. The van der Waals surface area contributed by atoms with Gasteiger partial charge < -0.3 is 15.4 Å². The standard InChI is InChI=1S/C20H24N4O5S/c1-13-4-6-16(10-17(13)30(27,28)24(2)3)23-19(25)12-29-20(26)14-5-9-18(21-11-14)22-15-7-8-15/h4-6,9-11,15H,7-8,12H2,1-3H3,(H,21,22)(H,23,25). The van der Waals surface area contributed by atoms with Crippen LogP contribution >= 0.6 is 0 Å². The second-order valence-corrected chi connectivity index (χ2v) is 9.36.